The van der Waals surface area contributed by atoms with E-state index in [9.17, 15) is 24.3 Å². The summed E-state index contributed by atoms with van der Waals surface area (Å²) in [6.07, 6.45) is -2.50. The van der Waals surface area contributed by atoms with Crippen LogP contribution in [0.4, 0.5) is 0 Å². The van der Waals surface area contributed by atoms with Crippen molar-refractivity contribution >= 4 is 23.9 Å². The van der Waals surface area contributed by atoms with Crippen molar-refractivity contribution in [3.05, 3.63) is 48.0 Å². The van der Waals surface area contributed by atoms with Gasteiger partial charge in [0.1, 0.15) is 12.7 Å². The third-order valence-electron chi connectivity index (χ3n) is 4.63. The molecule has 0 aliphatic carbocycles. The summed E-state index contributed by atoms with van der Waals surface area (Å²) in [5, 5.41) is 10.7. The summed E-state index contributed by atoms with van der Waals surface area (Å²) in [6, 6.07) is 6.94. The third kappa shape index (κ3) is 7.49. The van der Waals surface area contributed by atoms with Gasteiger partial charge in [0.25, 0.3) is 0 Å². The van der Waals surface area contributed by atoms with E-state index in [-0.39, 0.29) is 0 Å². The lowest BCUT2D eigenvalue weighted by atomic mass is 9.87. The van der Waals surface area contributed by atoms with Gasteiger partial charge in [0, 0.05) is 51.5 Å². The molecule has 0 radical (unpaired) electrons. The number of H-pyrrole nitrogens is 2. The molecule has 2 aromatic heterocycles. The minimum Gasteiger partial charge on any atom is -0.463 e. The van der Waals surface area contributed by atoms with E-state index in [1.807, 2.05) is 0 Å². The predicted octanol–water partition coefficient (Wildman–Crippen LogP) is 1.19. The molecule has 0 unspecified atom stereocenters. The summed E-state index contributed by atoms with van der Waals surface area (Å²) >= 11 is 0. The molecule has 180 valence electrons. The molecule has 0 saturated carbocycles. The molecule has 0 saturated heterocycles. The minimum absolute atomic E-state index is 0.548. The minimum atomic E-state index is -1.59. The van der Waals surface area contributed by atoms with Crippen LogP contribution in [0.1, 0.15) is 45.0 Å². The lowest BCUT2D eigenvalue weighted by Gasteiger charge is -2.37. The van der Waals surface area contributed by atoms with Gasteiger partial charge in [-0.3, -0.25) is 19.2 Å². The Bertz CT molecular complexity index is 890. The van der Waals surface area contributed by atoms with Gasteiger partial charge in [0.2, 0.25) is 0 Å². The maximum Gasteiger partial charge on any atom is 0.303 e. The molecular formula is C22H28N2O9. The van der Waals surface area contributed by atoms with Gasteiger partial charge in [-0.2, -0.15) is 0 Å². The van der Waals surface area contributed by atoms with Gasteiger partial charge in [0.15, 0.2) is 18.3 Å². The Morgan fingerprint density at radius 1 is 0.758 bits per heavy atom. The Hall–Kier alpha value is -3.60. The van der Waals surface area contributed by atoms with Crippen molar-refractivity contribution < 1.29 is 43.2 Å². The summed E-state index contributed by atoms with van der Waals surface area (Å²) in [7, 11) is 0. The number of carbonyl (C=O) groups excluding carboxylic acids is 4. The molecule has 0 aliphatic heterocycles. The van der Waals surface area contributed by atoms with Crippen LogP contribution >= 0.6 is 0 Å². The molecule has 2 rings (SSSR count). The molecular weight excluding hydrogens is 436 g/mol. The second-order valence-corrected chi connectivity index (χ2v) is 7.32. The summed E-state index contributed by atoms with van der Waals surface area (Å²) in [5.41, 5.74) is 1.19. The number of aromatic amines is 2. The normalized spacial score (nSPS) is 14.6. The molecule has 2 heterocycles. The van der Waals surface area contributed by atoms with Crippen LogP contribution in [0.3, 0.4) is 0 Å². The van der Waals surface area contributed by atoms with E-state index in [0.29, 0.717) is 11.4 Å². The molecule has 11 heteroatoms. The lowest BCUT2D eigenvalue weighted by Crippen LogP contribution is -2.53. The van der Waals surface area contributed by atoms with E-state index >= 15 is 0 Å². The number of aliphatic hydroxyl groups is 1. The molecule has 0 aliphatic rings. The number of hydrogen-bond acceptors (Lipinski definition) is 9. The van der Waals surface area contributed by atoms with E-state index in [1.54, 1.807) is 36.7 Å². The van der Waals surface area contributed by atoms with Crippen molar-refractivity contribution in [2.45, 2.75) is 58.0 Å². The molecule has 0 amide bonds. The van der Waals surface area contributed by atoms with Gasteiger partial charge in [-0.25, -0.2) is 0 Å². The van der Waals surface area contributed by atoms with Gasteiger partial charge < -0.3 is 34.0 Å². The quantitative estimate of drug-likeness (QED) is 0.328. The Balaban J connectivity index is 2.60. The van der Waals surface area contributed by atoms with Crippen LogP contribution in [0.15, 0.2) is 36.7 Å². The van der Waals surface area contributed by atoms with E-state index in [0.717, 1.165) is 20.8 Å². The third-order valence-corrected chi connectivity index (χ3v) is 4.63. The Morgan fingerprint density at radius 2 is 1.21 bits per heavy atom. The molecule has 0 spiro atoms. The fourth-order valence-electron chi connectivity index (χ4n) is 3.48. The van der Waals surface area contributed by atoms with E-state index < -0.39 is 60.8 Å². The zero-order valence-corrected chi connectivity index (χ0v) is 18.8. The zero-order valence-electron chi connectivity index (χ0n) is 18.8. The monoisotopic (exact) mass is 464 g/mol. The van der Waals surface area contributed by atoms with Gasteiger partial charge in [-0.05, 0) is 24.3 Å². The van der Waals surface area contributed by atoms with Crippen LogP contribution in [0.5, 0.6) is 0 Å². The average molecular weight is 464 g/mol. The molecule has 4 atom stereocenters. The molecule has 3 N–H and O–H groups in total. The number of ether oxygens (including phenoxy) is 4. The highest BCUT2D eigenvalue weighted by atomic mass is 16.6. The smallest absolute Gasteiger partial charge is 0.303 e. The molecule has 0 aromatic carbocycles. The number of hydrogen-bond donors (Lipinski definition) is 3. The van der Waals surface area contributed by atoms with Crippen LogP contribution in [0, 0.1) is 0 Å². The predicted molar refractivity (Wildman–Crippen MR) is 113 cm³/mol. The van der Waals surface area contributed by atoms with Gasteiger partial charge in [-0.15, -0.1) is 0 Å². The van der Waals surface area contributed by atoms with Gasteiger partial charge in [0.05, 0.1) is 5.92 Å². The molecule has 0 fully saturated rings. The van der Waals surface area contributed by atoms with Crippen LogP contribution in [-0.2, 0) is 38.1 Å². The van der Waals surface area contributed by atoms with Crippen molar-refractivity contribution in [1.29, 1.82) is 0 Å². The Labute approximate surface area is 190 Å². The van der Waals surface area contributed by atoms with Gasteiger partial charge >= 0.3 is 23.9 Å². The van der Waals surface area contributed by atoms with Crippen molar-refractivity contribution in [3.63, 3.8) is 0 Å². The van der Waals surface area contributed by atoms with Gasteiger partial charge in [-0.1, -0.05) is 0 Å². The summed E-state index contributed by atoms with van der Waals surface area (Å²) in [5.74, 6) is -3.67. The van der Waals surface area contributed by atoms with E-state index in [1.165, 1.54) is 6.92 Å². The summed E-state index contributed by atoms with van der Waals surface area (Å²) in [4.78, 5) is 53.3. The van der Waals surface area contributed by atoms with Crippen molar-refractivity contribution in [3.8, 4) is 0 Å². The highest BCUT2D eigenvalue weighted by Gasteiger charge is 2.46. The zero-order chi connectivity index (χ0) is 24.5. The van der Waals surface area contributed by atoms with Crippen molar-refractivity contribution in [2.75, 3.05) is 6.61 Å². The Morgan fingerprint density at radius 3 is 1.61 bits per heavy atom. The molecule has 0 bridgehead atoms. The summed E-state index contributed by atoms with van der Waals surface area (Å²) < 4.78 is 21.2. The number of carbonyl (C=O) groups is 4. The Kier molecular flexibility index (Phi) is 9.22. The topological polar surface area (TPSA) is 157 Å². The number of esters is 4. The van der Waals surface area contributed by atoms with Crippen LogP contribution in [0.25, 0.3) is 0 Å². The largest absolute Gasteiger partial charge is 0.463 e. The van der Waals surface area contributed by atoms with Crippen molar-refractivity contribution in [1.82, 2.24) is 9.97 Å². The number of aromatic nitrogens is 2. The number of rotatable bonds is 11. The maximum absolute atomic E-state index is 12.1. The second-order valence-electron chi connectivity index (χ2n) is 7.32. The molecule has 2 aromatic rings. The first-order chi connectivity index (χ1) is 15.6. The highest BCUT2D eigenvalue weighted by molar-refractivity contribution is 5.68. The second kappa shape index (κ2) is 11.9. The SMILES string of the molecule is CC(=O)OC[C@@H](O)[C@@H](OC(C)=O)[C@H](OC(C)=O)[C@@H](OC(C)=O)C(c1ccc[nH]1)c1ccc[nH]1. The first-order valence-electron chi connectivity index (χ1n) is 10.2. The first kappa shape index (κ1) is 25.7. The fourth-order valence-corrected chi connectivity index (χ4v) is 3.48. The molecule has 11 nitrogen and oxygen atoms in total. The first-order valence-corrected chi connectivity index (χ1v) is 10.2. The van der Waals surface area contributed by atoms with E-state index in [4.69, 9.17) is 18.9 Å². The maximum atomic E-state index is 12.1. The average Bonchev–Trinajstić information content (AvgIpc) is 3.42. The highest BCUT2D eigenvalue weighted by Crippen LogP contribution is 2.33. The number of aliphatic hydroxyl groups excluding tert-OH is 1. The van der Waals surface area contributed by atoms with Crippen LogP contribution in [0.2, 0.25) is 0 Å². The standard InChI is InChI=1S/C22H28N2O9/c1-12(25)30-11-18(29)20(31-13(2)26)22(33-15(4)28)21(32-14(3)27)19(16-7-5-9-23-16)17-8-6-10-24-17/h5-10,18-24,29H,11H2,1-4H3/t18-,20-,21+,22+/m1/s1. The van der Waals surface area contributed by atoms with Crippen LogP contribution in [-0.4, -0.2) is 70.0 Å². The fraction of sp³-hybridized carbons (Fsp3) is 0.455. The summed E-state index contributed by atoms with van der Waals surface area (Å²) in [6.45, 7) is 4.00. The number of nitrogens with one attached hydrogen (secondary N) is 2. The lowest BCUT2D eigenvalue weighted by molar-refractivity contribution is -0.197. The van der Waals surface area contributed by atoms with E-state index in [2.05, 4.69) is 9.97 Å². The molecule has 33 heavy (non-hydrogen) atoms. The van der Waals surface area contributed by atoms with Crippen molar-refractivity contribution in [2.24, 2.45) is 0 Å². The van der Waals surface area contributed by atoms with Crippen LogP contribution < -0.4 is 0 Å².